The van der Waals surface area contributed by atoms with Crippen molar-refractivity contribution >= 4 is 5.69 Å². The number of benzene rings is 1. The van der Waals surface area contributed by atoms with Gasteiger partial charge in [-0.05, 0) is 24.6 Å². The zero-order valence-electron chi connectivity index (χ0n) is 10.6. The third kappa shape index (κ3) is 3.53. The first-order valence-corrected chi connectivity index (χ1v) is 6.07. The summed E-state index contributed by atoms with van der Waals surface area (Å²) in [5, 5.41) is 2.86. The van der Waals surface area contributed by atoms with Gasteiger partial charge in [-0.3, -0.25) is 0 Å². The number of ether oxygens (including phenoxy) is 2. The summed E-state index contributed by atoms with van der Waals surface area (Å²) in [6.45, 7) is 1.76. The maximum atomic E-state index is 12.9. The standard InChI is InChI=1S/C13H16F3NO2/c1-18-10-2-3-12(11(6-10)13(14,15)16)17-7-9-4-5-19-8-9/h2-3,6,9,17H,4-5,7-8H2,1H3. The topological polar surface area (TPSA) is 30.5 Å². The lowest BCUT2D eigenvalue weighted by atomic mass is 10.1. The highest BCUT2D eigenvalue weighted by atomic mass is 19.4. The van der Waals surface area contributed by atoms with E-state index in [1.54, 1.807) is 0 Å². The molecule has 1 aliphatic heterocycles. The zero-order valence-corrected chi connectivity index (χ0v) is 10.6. The minimum atomic E-state index is -4.40. The Morgan fingerprint density at radius 1 is 1.42 bits per heavy atom. The first kappa shape index (κ1) is 14.0. The van der Waals surface area contributed by atoms with E-state index in [0.717, 1.165) is 12.5 Å². The van der Waals surface area contributed by atoms with E-state index < -0.39 is 11.7 Å². The Balaban J connectivity index is 2.13. The summed E-state index contributed by atoms with van der Waals surface area (Å²) in [5.74, 6) is 0.463. The van der Waals surface area contributed by atoms with Crippen LogP contribution >= 0.6 is 0 Å². The summed E-state index contributed by atoms with van der Waals surface area (Å²) in [5.41, 5.74) is -0.619. The van der Waals surface area contributed by atoms with Crippen molar-refractivity contribution in [1.29, 1.82) is 0 Å². The molecule has 1 saturated heterocycles. The van der Waals surface area contributed by atoms with Gasteiger partial charge in [0.25, 0.3) is 0 Å². The summed E-state index contributed by atoms with van der Waals surface area (Å²) in [7, 11) is 1.35. The summed E-state index contributed by atoms with van der Waals surface area (Å²) in [6, 6.07) is 3.92. The van der Waals surface area contributed by atoms with Gasteiger partial charge in [0.05, 0.1) is 19.3 Å². The fourth-order valence-electron chi connectivity index (χ4n) is 2.04. The Labute approximate surface area is 109 Å². The molecule has 6 heteroatoms. The van der Waals surface area contributed by atoms with Gasteiger partial charge in [-0.1, -0.05) is 0 Å². The van der Waals surface area contributed by atoms with Crippen molar-refractivity contribution in [3.8, 4) is 5.75 Å². The number of alkyl halides is 3. The number of nitrogens with one attached hydrogen (secondary N) is 1. The van der Waals surface area contributed by atoms with Crippen molar-refractivity contribution < 1.29 is 22.6 Å². The predicted octanol–water partition coefficient (Wildman–Crippen LogP) is 3.16. The molecule has 1 atom stereocenters. The Bertz CT molecular complexity index is 428. The molecule has 106 valence electrons. The molecule has 1 aromatic carbocycles. The van der Waals surface area contributed by atoms with Crippen LogP contribution in [-0.2, 0) is 10.9 Å². The second-order valence-electron chi connectivity index (χ2n) is 4.52. The van der Waals surface area contributed by atoms with Crippen molar-refractivity contribution in [2.75, 3.05) is 32.2 Å². The molecule has 0 radical (unpaired) electrons. The Morgan fingerprint density at radius 2 is 2.21 bits per heavy atom. The van der Waals surface area contributed by atoms with Crippen LogP contribution in [-0.4, -0.2) is 26.9 Å². The molecule has 1 aliphatic rings. The van der Waals surface area contributed by atoms with E-state index >= 15 is 0 Å². The van der Waals surface area contributed by atoms with E-state index in [4.69, 9.17) is 9.47 Å². The number of hydrogen-bond donors (Lipinski definition) is 1. The highest BCUT2D eigenvalue weighted by molar-refractivity contribution is 5.55. The van der Waals surface area contributed by atoms with Gasteiger partial charge in [-0.2, -0.15) is 13.2 Å². The minimum absolute atomic E-state index is 0.0835. The van der Waals surface area contributed by atoms with Gasteiger partial charge in [-0.25, -0.2) is 0 Å². The lowest BCUT2D eigenvalue weighted by molar-refractivity contribution is -0.137. The quantitative estimate of drug-likeness (QED) is 0.915. The van der Waals surface area contributed by atoms with Crippen molar-refractivity contribution in [3.05, 3.63) is 23.8 Å². The van der Waals surface area contributed by atoms with E-state index in [1.807, 2.05) is 0 Å². The van der Waals surface area contributed by atoms with Crippen LogP contribution in [0.5, 0.6) is 5.75 Å². The average Bonchev–Trinajstić information content (AvgIpc) is 2.88. The fraction of sp³-hybridized carbons (Fsp3) is 0.538. The third-order valence-electron chi connectivity index (χ3n) is 3.14. The number of methoxy groups -OCH3 is 1. The Morgan fingerprint density at radius 3 is 2.79 bits per heavy atom. The van der Waals surface area contributed by atoms with Gasteiger partial charge in [0.2, 0.25) is 0 Å². The molecule has 1 fully saturated rings. The number of rotatable bonds is 4. The molecule has 0 saturated carbocycles. The molecule has 0 amide bonds. The molecule has 1 aromatic rings. The molecule has 1 heterocycles. The van der Waals surface area contributed by atoms with Gasteiger partial charge in [0.1, 0.15) is 5.75 Å². The first-order valence-electron chi connectivity index (χ1n) is 6.07. The molecule has 1 unspecified atom stereocenters. The van der Waals surface area contributed by atoms with Crippen LogP contribution in [0, 0.1) is 5.92 Å². The third-order valence-corrected chi connectivity index (χ3v) is 3.14. The SMILES string of the molecule is COc1ccc(NCC2CCOC2)c(C(F)(F)F)c1. The minimum Gasteiger partial charge on any atom is -0.497 e. The molecule has 3 nitrogen and oxygen atoms in total. The largest absolute Gasteiger partial charge is 0.497 e. The monoisotopic (exact) mass is 275 g/mol. The smallest absolute Gasteiger partial charge is 0.418 e. The fourth-order valence-corrected chi connectivity index (χ4v) is 2.04. The van der Waals surface area contributed by atoms with Gasteiger partial charge in [-0.15, -0.1) is 0 Å². The van der Waals surface area contributed by atoms with Crippen LogP contribution in [0.25, 0.3) is 0 Å². The van der Waals surface area contributed by atoms with Crippen LogP contribution in [0.3, 0.4) is 0 Å². The Kier molecular flexibility index (Phi) is 4.19. The molecule has 0 aliphatic carbocycles. The van der Waals surface area contributed by atoms with Crippen molar-refractivity contribution in [2.45, 2.75) is 12.6 Å². The highest BCUT2D eigenvalue weighted by Crippen LogP contribution is 2.37. The average molecular weight is 275 g/mol. The summed E-state index contributed by atoms with van der Waals surface area (Å²) >= 11 is 0. The van der Waals surface area contributed by atoms with E-state index in [1.165, 1.54) is 19.2 Å². The lowest BCUT2D eigenvalue weighted by Crippen LogP contribution is -2.17. The van der Waals surface area contributed by atoms with Crippen LogP contribution < -0.4 is 10.1 Å². The summed E-state index contributed by atoms with van der Waals surface area (Å²) in [4.78, 5) is 0. The van der Waals surface area contributed by atoms with Crippen LogP contribution in [0.2, 0.25) is 0 Å². The number of hydrogen-bond acceptors (Lipinski definition) is 3. The number of halogens is 3. The summed E-state index contributed by atoms with van der Waals surface area (Å²) < 4.78 is 48.9. The zero-order chi connectivity index (χ0) is 13.9. The van der Waals surface area contributed by atoms with E-state index in [0.29, 0.717) is 19.8 Å². The molecular formula is C13H16F3NO2. The van der Waals surface area contributed by atoms with Crippen molar-refractivity contribution in [1.82, 2.24) is 0 Å². The van der Waals surface area contributed by atoms with Crippen LogP contribution in [0.4, 0.5) is 18.9 Å². The molecule has 0 spiro atoms. The van der Waals surface area contributed by atoms with Crippen molar-refractivity contribution in [3.63, 3.8) is 0 Å². The molecule has 1 N–H and O–H groups in total. The first-order chi connectivity index (χ1) is 9.00. The van der Waals surface area contributed by atoms with Crippen LogP contribution in [0.15, 0.2) is 18.2 Å². The van der Waals surface area contributed by atoms with Crippen molar-refractivity contribution in [2.24, 2.45) is 5.92 Å². The van der Waals surface area contributed by atoms with Gasteiger partial charge in [0.15, 0.2) is 0 Å². The Hall–Kier alpha value is -1.43. The second-order valence-corrected chi connectivity index (χ2v) is 4.52. The van der Waals surface area contributed by atoms with Gasteiger partial charge < -0.3 is 14.8 Å². The molecule has 19 heavy (non-hydrogen) atoms. The molecule has 0 bridgehead atoms. The molecule has 2 rings (SSSR count). The lowest BCUT2D eigenvalue weighted by Gasteiger charge is -2.17. The molecule has 0 aromatic heterocycles. The van der Waals surface area contributed by atoms with E-state index in [9.17, 15) is 13.2 Å². The second kappa shape index (κ2) is 5.69. The van der Waals surface area contributed by atoms with E-state index in [2.05, 4.69) is 5.32 Å². The van der Waals surface area contributed by atoms with Crippen LogP contribution in [0.1, 0.15) is 12.0 Å². The van der Waals surface area contributed by atoms with Gasteiger partial charge >= 0.3 is 6.18 Å². The maximum Gasteiger partial charge on any atom is 0.418 e. The number of anilines is 1. The maximum absolute atomic E-state index is 12.9. The normalized spacial score (nSPS) is 19.5. The summed E-state index contributed by atoms with van der Waals surface area (Å²) in [6.07, 6.45) is -3.52. The molecular weight excluding hydrogens is 259 g/mol. The van der Waals surface area contributed by atoms with Gasteiger partial charge in [0, 0.05) is 24.8 Å². The predicted molar refractivity (Wildman–Crippen MR) is 65.4 cm³/mol. The highest BCUT2D eigenvalue weighted by Gasteiger charge is 2.34. The van der Waals surface area contributed by atoms with E-state index in [-0.39, 0.29) is 17.4 Å².